The highest BCUT2D eigenvalue weighted by molar-refractivity contribution is 14.0. The van der Waals surface area contributed by atoms with Gasteiger partial charge >= 0.3 is 0 Å². The van der Waals surface area contributed by atoms with Crippen LogP contribution in [0.4, 0.5) is 11.4 Å². The van der Waals surface area contributed by atoms with E-state index in [0.717, 1.165) is 24.5 Å². The third kappa shape index (κ3) is 7.37. The molecule has 0 radical (unpaired) electrons. The largest absolute Gasteiger partial charge is 0.383 e. The number of hydrogen-bond donors (Lipinski definition) is 3. The minimum atomic E-state index is -0.412. The first-order chi connectivity index (χ1) is 12.6. The predicted molar refractivity (Wildman–Crippen MR) is 116 cm³/mol. The highest BCUT2D eigenvalue weighted by Gasteiger charge is 2.04. The first kappa shape index (κ1) is 22.6. The highest BCUT2D eigenvalue weighted by Crippen LogP contribution is 2.14. The maximum atomic E-state index is 10.6. The van der Waals surface area contributed by atoms with Gasteiger partial charge in [-0.2, -0.15) is 0 Å². The quantitative estimate of drug-likeness (QED) is 0.123. The van der Waals surface area contributed by atoms with Gasteiger partial charge < -0.3 is 20.5 Å². The average molecular weight is 488 g/mol. The highest BCUT2D eigenvalue weighted by atomic mass is 127. The normalized spacial score (nSPS) is 10.8. The van der Waals surface area contributed by atoms with Gasteiger partial charge in [-0.05, 0) is 12.1 Å². The molecule has 0 atom stereocenters. The van der Waals surface area contributed by atoms with Crippen LogP contribution in [0.1, 0.15) is 12.7 Å². The molecule has 0 saturated heterocycles. The molecule has 10 nitrogen and oxygen atoms in total. The maximum absolute atomic E-state index is 10.6. The van der Waals surface area contributed by atoms with Gasteiger partial charge in [0.05, 0.1) is 4.92 Å². The van der Waals surface area contributed by atoms with E-state index < -0.39 is 4.92 Å². The molecule has 0 saturated carbocycles. The molecule has 2 rings (SSSR count). The van der Waals surface area contributed by atoms with Crippen molar-refractivity contribution in [2.75, 3.05) is 32.0 Å². The van der Waals surface area contributed by atoms with Gasteiger partial charge in [0.25, 0.3) is 5.69 Å². The lowest BCUT2D eigenvalue weighted by molar-refractivity contribution is -0.384. The molecule has 0 amide bonds. The van der Waals surface area contributed by atoms with Crippen LogP contribution in [0.5, 0.6) is 0 Å². The number of nitrogens with one attached hydrogen (secondary N) is 3. The number of non-ortho nitro benzene ring substituents is 1. The van der Waals surface area contributed by atoms with Gasteiger partial charge in [-0.15, -0.1) is 34.2 Å². The molecule has 11 heteroatoms. The third-order valence-corrected chi connectivity index (χ3v) is 3.71. The van der Waals surface area contributed by atoms with Crippen molar-refractivity contribution in [1.82, 2.24) is 25.4 Å². The number of benzene rings is 1. The third-order valence-electron chi connectivity index (χ3n) is 3.71. The zero-order valence-corrected chi connectivity index (χ0v) is 17.7. The summed E-state index contributed by atoms with van der Waals surface area (Å²) < 4.78 is 2.01. The molecule has 0 aliphatic heterocycles. The number of anilines is 1. The second-order valence-electron chi connectivity index (χ2n) is 5.45. The Morgan fingerprint density at radius 3 is 2.56 bits per heavy atom. The van der Waals surface area contributed by atoms with E-state index in [9.17, 15) is 10.1 Å². The summed E-state index contributed by atoms with van der Waals surface area (Å²) in [6.45, 7) is 4.83. The standard InChI is InChI=1S/C16H24N8O2.HI/c1-3-15-22-21-12-23(15)11-10-20-16(17-2)19-9-8-18-13-4-6-14(7-5-13)24(25)26;/h4-7,12,18H,3,8-11H2,1-2H3,(H2,17,19,20);1H. The van der Waals surface area contributed by atoms with Gasteiger partial charge in [0.15, 0.2) is 5.96 Å². The van der Waals surface area contributed by atoms with Crippen LogP contribution in [0.25, 0.3) is 0 Å². The van der Waals surface area contributed by atoms with Gasteiger partial charge in [-0.25, -0.2) is 0 Å². The molecular weight excluding hydrogens is 463 g/mol. The van der Waals surface area contributed by atoms with Gasteiger partial charge in [-0.3, -0.25) is 15.1 Å². The number of nitro groups is 1. The molecule has 1 aromatic carbocycles. The smallest absolute Gasteiger partial charge is 0.269 e. The molecule has 148 valence electrons. The Balaban J connectivity index is 0.00000364. The molecule has 3 N–H and O–H groups in total. The minimum Gasteiger partial charge on any atom is -0.383 e. The number of halogens is 1. The summed E-state index contributed by atoms with van der Waals surface area (Å²) in [6, 6.07) is 6.34. The Hall–Kier alpha value is -2.44. The molecule has 0 spiro atoms. The Morgan fingerprint density at radius 1 is 1.22 bits per heavy atom. The zero-order valence-electron chi connectivity index (χ0n) is 15.4. The molecule has 0 unspecified atom stereocenters. The van der Waals surface area contributed by atoms with Gasteiger partial charge in [0.2, 0.25) is 0 Å². The van der Waals surface area contributed by atoms with E-state index in [2.05, 4.69) is 31.1 Å². The number of guanidine groups is 1. The maximum Gasteiger partial charge on any atom is 0.269 e. The van der Waals surface area contributed by atoms with E-state index in [0.29, 0.717) is 25.6 Å². The summed E-state index contributed by atoms with van der Waals surface area (Å²) in [6.07, 6.45) is 2.58. The lowest BCUT2D eigenvalue weighted by atomic mass is 10.3. The van der Waals surface area contributed by atoms with E-state index in [1.54, 1.807) is 25.5 Å². The number of hydrogen-bond acceptors (Lipinski definition) is 6. The molecule has 27 heavy (non-hydrogen) atoms. The van der Waals surface area contributed by atoms with Crippen LogP contribution in [-0.4, -0.2) is 52.3 Å². The second kappa shape index (κ2) is 12.0. The van der Waals surface area contributed by atoms with Crippen LogP contribution in [0.15, 0.2) is 35.6 Å². The number of rotatable bonds is 9. The first-order valence-corrected chi connectivity index (χ1v) is 8.43. The lowest BCUT2D eigenvalue weighted by Crippen LogP contribution is -2.40. The van der Waals surface area contributed by atoms with Gasteiger partial charge in [0, 0.05) is 57.5 Å². The fraction of sp³-hybridized carbons (Fsp3) is 0.438. The van der Waals surface area contributed by atoms with Gasteiger partial charge in [-0.1, -0.05) is 6.92 Å². The molecule has 1 aromatic heterocycles. The minimum absolute atomic E-state index is 0. The van der Waals surface area contributed by atoms with Crippen molar-refractivity contribution < 1.29 is 4.92 Å². The first-order valence-electron chi connectivity index (χ1n) is 8.43. The summed E-state index contributed by atoms with van der Waals surface area (Å²) in [7, 11) is 1.72. The van der Waals surface area contributed by atoms with Crippen LogP contribution in [0, 0.1) is 10.1 Å². The number of aromatic nitrogens is 3. The van der Waals surface area contributed by atoms with Gasteiger partial charge in [0.1, 0.15) is 12.2 Å². The second-order valence-corrected chi connectivity index (χ2v) is 5.45. The predicted octanol–water partition coefficient (Wildman–Crippen LogP) is 1.64. The fourth-order valence-electron chi connectivity index (χ4n) is 2.34. The van der Waals surface area contributed by atoms with E-state index >= 15 is 0 Å². The number of aliphatic imine (C=N–C) groups is 1. The molecule has 0 aliphatic rings. The number of aryl methyl sites for hydroxylation is 1. The molecule has 2 aromatic rings. The Kier molecular flexibility index (Phi) is 10.1. The fourth-order valence-corrected chi connectivity index (χ4v) is 2.34. The number of nitrogens with zero attached hydrogens (tertiary/aromatic N) is 5. The van der Waals surface area contributed by atoms with E-state index in [1.165, 1.54) is 12.1 Å². The van der Waals surface area contributed by atoms with Crippen LogP contribution >= 0.6 is 24.0 Å². The Morgan fingerprint density at radius 2 is 1.93 bits per heavy atom. The van der Waals surface area contributed by atoms with E-state index in [4.69, 9.17) is 0 Å². The van der Waals surface area contributed by atoms with Crippen LogP contribution in [0.3, 0.4) is 0 Å². The van der Waals surface area contributed by atoms with Crippen molar-refractivity contribution in [1.29, 1.82) is 0 Å². The summed E-state index contributed by atoms with van der Waals surface area (Å²) in [5, 5.41) is 28.2. The molecular formula is C16H25IN8O2. The molecule has 1 heterocycles. The molecule has 0 fully saturated rings. The van der Waals surface area contributed by atoms with Crippen molar-refractivity contribution >= 4 is 41.3 Å². The van der Waals surface area contributed by atoms with Crippen molar-refractivity contribution in [2.45, 2.75) is 19.9 Å². The van der Waals surface area contributed by atoms with E-state index in [-0.39, 0.29) is 29.7 Å². The summed E-state index contributed by atoms with van der Waals surface area (Å²) in [5.74, 6) is 1.67. The number of nitro benzene ring substituents is 1. The molecule has 0 aliphatic carbocycles. The Bertz CT molecular complexity index is 732. The SMILES string of the molecule is CCc1nncn1CCNC(=NC)NCCNc1ccc([N+](=O)[O-])cc1.I. The van der Waals surface area contributed by atoms with Crippen molar-refractivity contribution in [2.24, 2.45) is 4.99 Å². The van der Waals surface area contributed by atoms with Crippen molar-refractivity contribution in [3.05, 3.63) is 46.5 Å². The zero-order chi connectivity index (χ0) is 18.8. The van der Waals surface area contributed by atoms with Crippen molar-refractivity contribution in [3.8, 4) is 0 Å². The van der Waals surface area contributed by atoms with Crippen LogP contribution in [0.2, 0.25) is 0 Å². The lowest BCUT2D eigenvalue weighted by Gasteiger charge is -2.13. The summed E-state index contributed by atoms with van der Waals surface area (Å²) in [5.41, 5.74) is 0.914. The monoisotopic (exact) mass is 488 g/mol. The summed E-state index contributed by atoms with van der Waals surface area (Å²) in [4.78, 5) is 14.4. The van der Waals surface area contributed by atoms with E-state index in [1.807, 2.05) is 11.5 Å². The topological polar surface area (TPSA) is 122 Å². The Labute approximate surface area is 175 Å². The average Bonchev–Trinajstić information content (AvgIpc) is 3.11. The summed E-state index contributed by atoms with van der Waals surface area (Å²) >= 11 is 0. The van der Waals surface area contributed by atoms with Crippen LogP contribution < -0.4 is 16.0 Å². The molecule has 0 bridgehead atoms. The van der Waals surface area contributed by atoms with Crippen molar-refractivity contribution in [3.63, 3.8) is 0 Å². The van der Waals surface area contributed by atoms with Crippen LogP contribution in [-0.2, 0) is 13.0 Å².